The van der Waals surface area contributed by atoms with E-state index in [0.717, 1.165) is 16.7 Å². The van der Waals surface area contributed by atoms with Crippen molar-refractivity contribution in [3.8, 4) is 0 Å². The Morgan fingerprint density at radius 2 is 1.91 bits per heavy atom. The largest absolute Gasteiger partial charge is 0.396 e. The van der Waals surface area contributed by atoms with Crippen LogP contribution in [0.1, 0.15) is 30.1 Å². The molecule has 3 aromatic heterocycles. The first kappa shape index (κ1) is 22.8. The van der Waals surface area contributed by atoms with Crippen molar-refractivity contribution in [1.82, 2.24) is 29.2 Å². The molecule has 0 aliphatic rings. The molecular weight excluding hydrogens is 462 g/mol. The Labute approximate surface area is 189 Å². The fourth-order valence-electron chi connectivity index (χ4n) is 3.45. The number of aliphatic hydroxyl groups is 1. The van der Waals surface area contributed by atoms with Gasteiger partial charge in [-0.1, -0.05) is 11.2 Å². The second kappa shape index (κ2) is 9.63. The van der Waals surface area contributed by atoms with Gasteiger partial charge in [0.2, 0.25) is 11.2 Å². The lowest BCUT2D eigenvalue weighted by atomic mass is 10.1. The van der Waals surface area contributed by atoms with Crippen molar-refractivity contribution in [3.05, 3.63) is 73.2 Å². The average molecular weight is 481 g/mol. The van der Waals surface area contributed by atoms with Crippen molar-refractivity contribution < 1.29 is 18.4 Å². The quantitative estimate of drug-likeness (QED) is 0.349. The first-order chi connectivity index (χ1) is 15.9. The Kier molecular flexibility index (Phi) is 6.65. The van der Waals surface area contributed by atoms with Crippen LogP contribution in [0.5, 0.6) is 0 Å². The molecule has 0 radical (unpaired) electrons. The summed E-state index contributed by atoms with van der Waals surface area (Å²) in [4.78, 5) is 36.5. The molecule has 0 aliphatic heterocycles. The van der Waals surface area contributed by atoms with E-state index < -0.39 is 22.9 Å². The normalized spacial score (nSPS) is 11.5. The van der Waals surface area contributed by atoms with Crippen LogP contribution in [0.3, 0.4) is 0 Å². The molecule has 10 nitrogen and oxygen atoms in total. The Hall–Kier alpha value is -3.38. The number of halogens is 3. The van der Waals surface area contributed by atoms with Crippen LogP contribution in [0.25, 0.3) is 11.2 Å². The highest BCUT2D eigenvalue weighted by atomic mass is 35.5. The number of aromatic amines is 1. The van der Waals surface area contributed by atoms with Crippen LogP contribution in [0.15, 0.2) is 32.3 Å². The van der Waals surface area contributed by atoms with Crippen LogP contribution >= 0.6 is 11.6 Å². The molecular formula is C20H19ClF2N6O4. The third-order valence-electron chi connectivity index (χ3n) is 5.02. The summed E-state index contributed by atoms with van der Waals surface area (Å²) in [7, 11) is 0. The molecule has 0 amide bonds. The Morgan fingerprint density at radius 3 is 2.67 bits per heavy atom. The van der Waals surface area contributed by atoms with Gasteiger partial charge >= 0.3 is 5.69 Å². The highest BCUT2D eigenvalue weighted by molar-refractivity contribution is 6.28. The maximum absolute atomic E-state index is 13.8. The second-order valence-electron chi connectivity index (χ2n) is 7.31. The van der Waals surface area contributed by atoms with Crippen molar-refractivity contribution in [1.29, 1.82) is 0 Å². The number of imidazole rings is 1. The van der Waals surface area contributed by atoms with Gasteiger partial charge in [0.15, 0.2) is 17.0 Å². The molecule has 33 heavy (non-hydrogen) atoms. The molecule has 0 aliphatic carbocycles. The van der Waals surface area contributed by atoms with E-state index in [1.165, 1.54) is 10.6 Å². The summed E-state index contributed by atoms with van der Waals surface area (Å²) in [5.74, 6) is -0.891. The summed E-state index contributed by atoms with van der Waals surface area (Å²) in [6.45, 7) is 0.0977. The van der Waals surface area contributed by atoms with Crippen molar-refractivity contribution in [3.63, 3.8) is 0 Å². The van der Waals surface area contributed by atoms with Gasteiger partial charge in [-0.25, -0.2) is 13.6 Å². The number of benzene rings is 1. The Bertz CT molecular complexity index is 1410. The standard InChI is InChI=1S/C20H19ClF2N6O4/c21-19-25-16-17(26-19)28(7-2-8-30)20(32)29(18(16)31)6-1-3-15-24-14(27-33-15)9-11-4-5-12(22)10-13(11)23/h4-5,10,30H,1-3,6-9H2,(H,25,26). The number of rotatable bonds is 9. The first-order valence-electron chi connectivity index (χ1n) is 10.1. The van der Waals surface area contributed by atoms with Gasteiger partial charge in [-0.3, -0.25) is 13.9 Å². The van der Waals surface area contributed by atoms with E-state index in [0.29, 0.717) is 12.8 Å². The number of nitrogens with one attached hydrogen (secondary N) is 1. The predicted molar refractivity (Wildman–Crippen MR) is 113 cm³/mol. The van der Waals surface area contributed by atoms with Gasteiger partial charge in [-0.05, 0) is 36.1 Å². The molecule has 13 heteroatoms. The molecule has 1 aromatic carbocycles. The zero-order chi connectivity index (χ0) is 23.5. The van der Waals surface area contributed by atoms with Crippen molar-refractivity contribution in [2.24, 2.45) is 0 Å². The fourth-order valence-corrected chi connectivity index (χ4v) is 3.63. The number of H-pyrrole nitrogens is 1. The number of hydrogen-bond donors (Lipinski definition) is 2. The summed E-state index contributed by atoms with van der Waals surface area (Å²) in [6, 6.07) is 3.24. The molecule has 0 unspecified atom stereocenters. The zero-order valence-corrected chi connectivity index (χ0v) is 18.0. The van der Waals surface area contributed by atoms with Gasteiger partial charge in [-0.15, -0.1) is 0 Å². The van der Waals surface area contributed by atoms with E-state index in [9.17, 15) is 18.4 Å². The minimum absolute atomic E-state index is 0.0204. The van der Waals surface area contributed by atoms with E-state index >= 15 is 0 Å². The zero-order valence-electron chi connectivity index (χ0n) is 17.2. The van der Waals surface area contributed by atoms with E-state index in [1.54, 1.807) is 0 Å². The molecule has 0 spiro atoms. The molecule has 3 heterocycles. The van der Waals surface area contributed by atoms with E-state index in [-0.39, 0.29) is 66.3 Å². The molecule has 0 saturated heterocycles. The predicted octanol–water partition coefficient (Wildman–Crippen LogP) is 1.81. The highest BCUT2D eigenvalue weighted by Gasteiger charge is 2.17. The summed E-state index contributed by atoms with van der Waals surface area (Å²) < 4.78 is 34.4. The van der Waals surface area contributed by atoms with Gasteiger partial charge in [0.05, 0.1) is 0 Å². The van der Waals surface area contributed by atoms with Crippen LogP contribution in [-0.4, -0.2) is 41.0 Å². The number of hydrogen-bond acceptors (Lipinski definition) is 7. The SMILES string of the molecule is O=c1c2[nH]c(Cl)nc2n(CCCO)c(=O)n1CCCc1nc(Cc2ccc(F)cc2F)no1. The van der Waals surface area contributed by atoms with E-state index in [2.05, 4.69) is 20.1 Å². The van der Waals surface area contributed by atoms with Crippen LogP contribution < -0.4 is 11.2 Å². The third kappa shape index (κ3) is 4.86. The summed E-state index contributed by atoms with van der Waals surface area (Å²) in [5.41, 5.74) is -0.673. The van der Waals surface area contributed by atoms with Gasteiger partial charge < -0.3 is 14.6 Å². The minimum atomic E-state index is -0.701. The first-order valence-corrected chi connectivity index (χ1v) is 10.5. The van der Waals surface area contributed by atoms with Crippen molar-refractivity contribution >= 4 is 22.8 Å². The molecule has 4 aromatic rings. The highest BCUT2D eigenvalue weighted by Crippen LogP contribution is 2.14. The van der Waals surface area contributed by atoms with Crippen LogP contribution in [0, 0.1) is 11.6 Å². The van der Waals surface area contributed by atoms with Gasteiger partial charge in [0.1, 0.15) is 11.6 Å². The van der Waals surface area contributed by atoms with Gasteiger partial charge in [0.25, 0.3) is 5.56 Å². The minimum Gasteiger partial charge on any atom is -0.396 e. The molecule has 4 rings (SSSR count). The monoisotopic (exact) mass is 480 g/mol. The topological polar surface area (TPSA) is 132 Å². The lowest BCUT2D eigenvalue weighted by Crippen LogP contribution is -2.40. The van der Waals surface area contributed by atoms with Gasteiger partial charge in [0, 0.05) is 38.6 Å². The van der Waals surface area contributed by atoms with E-state index in [4.69, 9.17) is 21.2 Å². The fraction of sp³-hybridized carbons (Fsp3) is 0.350. The average Bonchev–Trinajstić information content (AvgIpc) is 3.39. The van der Waals surface area contributed by atoms with Crippen LogP contribution in [-0.2, 0) is 25.9 Å². The lowest BCUT2D eigenvalue weighted by molar-refractivity contribution is 0.278. The number of nitrogens with zero attached hydrogens (tertiary/aromatic N) is 5. The smallest absolute Gasteiger partial charge is 0.332 e. The van der Waals surface area contributed by atoms with Crippen LogP contribution in [0.4, 0.5) is 8.78 Å². The third-order valence-corrected chi connectivity index (χ3v) is 5.20. The molecule has 0 saturated carbocycles. The molecule has 174 valence electrons. The summed E-state index contributed by atoms with van der Waals surface area (Å²) in [6.07, 6.45) is 0.928. The summed E-state index contributed by atoms with van der Waals surface area (Å²) in [5, 5.41) is 12.9. The number of aryl methyl sites for hydroxylation is 2. The van der Waals surface area contributed by atoms with Gasteiger partial charge in [-0.2, -0.15) is 9.97 Å². The maximum Gasteiger partial charge on any atom is 0.332 e. The second-order valence-corrected chi connectivity index (χ2v) is 7.67. The van der Waals surface area contributed by atoms with Crippen molar-refractivity contribution in [2.75, 3.05) is 6.61 Å². The van der Waals surface area contributed by atoms with Crippen LogP contribution in [0.2, 0.25) is 5.28 Å². The number of fused-ring (bicyclic) bond motifs is 1. The number of aromatic nitrogens is 6. The van der Waals surface area contributed by atoms with Crippen molar-refractivity contribution in [2.45, 2.75) is 38.8 Å². The molecule has 0 atom stereocenters. The Balaban J connectivity index is 1.48. The van der Waals surface area contributed by atoms with E-state index in [1.807, 2.05) is 0 Å². The molecule has 2 N–H and O–H groups in total. The number of aliphatic hydroxyl groups excluding tert-OH is 1. The molecule has 0 bridgehead atoms. The Morgan fingerprint density at radius 1 is 1.12 bits per heavy atom. The lowest BCUT2D eigenvalue weighted by Gasteiger charge is -2.10. The maximum atomic E-state index is 13.8. The molecule has 0 fully saturated rings. The summed E-state index contributed by atoms with van der Waals surface area (Å²) >= 11 is 5.88.